The van der Waals surface area contributed by atoms with Crippen LogP contribution in [0.2, 0.25) is 5.02 Å². The summed E-state index contributed by atoms with van der Waals surface area (Å²) in [5.74, 6) is 0.220. The number of anilines is 1. The maximum Gasteiger partial charge on any atom is 0.263 e. The van der Waals surface area contributed by atoms with Gasteiger partial charge in [0.05, 0.1) is 11.5 Å². The van der Waals surface area contributed by atoms with Gasteiger partial charge in [-0.25, -0.2) is 13.4 Å². The van der Waals surface area contributed by atoms with Gasteiger partial charge in [0.1, 0.15) is 5.82 Å². The summed E-state index contributed by atoms with van der Waals surface area (Å²) >= 11 is 5.89. The maximum absolute atomic E-state index is 12.4. The highest BCUT2D eigenvalue weighted by Crippen LogP contribution is 2.25. The highest BCUT2D eigenvalue weighted by atomic mass is 35.5. The first kappa shape index (κ1) is 14.8. The molecule has 0 amide bonds. The molecule has 0 aliphatic heterocycles. The fourth-order valence-electron chi connectivity index (χ4n) is 1.77. The number of rotatable bonds is 4. The molecule has 5 nitrogen and oxygen atoms in total. The molecule has 0 atom stereocenters. The van der Waals surface area contributed by atoms with Crippen molar-refractivity contribution in [2.75, 3.05) is 4.72 Å². The van der Waals surface area contributed by atoms with E-state index in [0.29, 0.717) is 11.1 Å². The molecule has 0 spiro atoms. The molecule has 2 aromatic rings. The topological polar surface area (TPSA) is 79.3 Å². The van der Waals surface area contributed by atoms with Crippen molar-refractivity contribution in [1.29, 1.82) is 0 Å². The largest absolute Gasteiger partial charge is 0.392 e. The van der Waals surface area contributed by atoms with E-state index in [1.807, 2.05) is 0 Å². The van der Waals surface area contributed by atoms with Gasteiger partial charge in [-0.3, -0.25) is 4.72 Å². The highest BCUT2D eigenvalue weighted by Gasteiger charge is 2.20. The van der Waals surface area contributed by atoms with Gasteiger partial charge in [0.2, 0.25) is 0 Å². The molecule has 0 radical (unpaired) electrons. The second kappa shape index (κ2) is 5.78. The van der Waals surface area contributed by atoms with Gasteiger partial charge in [0.15, 0.2) is 0 Å². The summed E-state index contributed by atoms with van der Waals surface area (Å²) in [7, 11) is -3.81. The Morgan fingerprint density at radius 1 is 1.35 bits per heavy atom. The molecule has 2 rings (SSSR count). The quantitative estimate of drug-likeness (QED) is 0.908. The van der Waals surface area contributed by atoms with Crippen molar-refractivity contribution in [1.82, 2.24) is 4.98 Å². The van der Waals surface area contributed by atoms with Crippen molar-refractivity contribution < 1.29 is 13.5 Å². The van der Waals surface area contributed by atoms with Crippen LogP contribution in [0.3, 0.4) is 0 Å². The van der Waals surface area contributed by atoms with Crippen molar-refractivity contribution in [3.8, 4) is 0 Å². The Balaban J connectivity index is 2.47. The summed E-state index contributed by atoms with van der Waals surface area (Å²) in [6, 6.07) is 7.80. The lowest BCUT2D eigenvalue weighted by Crippen LogP contribution is -2.16. The molecular formula is C13H13ClN2O3S. The molecular weight excluding hydrogens is 300 g/mol. The van der Waals surface area contributed by atoms with E-state index in [9.17, 15) is 13.5 Å². The zero-order valence-corrected chi connectivity index (χ0v) is 12.2. The van der Waals surface area contributed by atoms with E-state index in [2.05, 4.69) is 9.71 Å². The van der Waals surface area contributed by atoms with Crippen LogP contribution in [0, 0.1) is 6.92 Å². The lowest BCUT2D eigenvalue weighted by Gasteiger charge is -2.12. The third-order valence-electron chi connectivity index (χ3n) is 2.80. The fraction of sp³-hybridized carbons (Fsp3) is 0.154. The van der Waals surface area contributed by atoms with E-state index >= 15 is 0 Å². The monoisotopic (exact) mass is 312 g/mol. The number of aromatic nitrogens is 1. The fourth-order valence-corrected chi connectivity index (χ4v) is 3.40. The molecule has 1 heterocycles. The van der Waals surface area contributed by atoms with Crippen LogP contribution in [-0.4, -0.2) is 18.5 Å². The first-order chi connectivity index (χ1) is 9.44. The van der Waals surface area contributed by atoms with Crippen LogP contribution in [0.25, 0.3) is 0 Å². The minimum absolute atomic E-state index is 0.0275. The van der Waals surface area contributed by atoms with Crippen LogP contribution in [0.5, 0.6) is 0 Å². The van der Waals surface area contributed by atoms with E-state index in [0.717, 1.165) is 0 Å². The molecule has 1 aromatic carbocycles. The Hall–Kier alpha value is -1.63. The number of pyridine rings is 1. The Bertz CT molecular complexity index is 718. The first-order valence-corrected chi connectivity index (χ1v) is 7.64. The number of aliphatic hydroxyl groups is 1. The molecule has 20 heavy (non-hydrogen) atoms. The zero-order valence-electron chi connectivity index (χ0n) is 10.7. The predicted molar refractivity (Wildman–Crippen MR) is 77.2 cm³/mol. The molecule has 2 N–H and O–H groups in total. The maximum atomic E-state index is 12.4. The summed E-state index contributed by atoms with van der Waals surface area (Å²) in [5, 5.41) is 9.49. The lowest BCUT2D eigenvalue weighted by atomic mass is 10.1. The number of aliphatic hydroxyl groups excluding tert-OH is 1. The molecule has 0 saturated heterocycles. The number of nitrogens with one attached hydrogen (secondary N) is 1. The third kappa shape index (κ3) is 3.09. The van der Waals surface area contributed by atoms with E-state index in [1.165, 1.54) is 18.3 Å². The van der Waals surface area contributed by atoms with Gasteiger partial charge in [-0.05, 0) is 42.3 Å². The average Bonchev–Trinajstić information content (AvgIpc) is 2.41. The Kier molecular flexibility index (Phi) is 4.27. The van der Waals surface area contributed by atoms with Crippen molar-refractivity contribution >= 4 is 27.4 Å². The summed E-state index contributed by atoms with van der Waals surface area (Å²) in [5.41, 5.74) is 0.930. The van der Waals surface area contributed by atoms with Crippen molar-refractivity contribution in [3.05, 3.63) is 52.7 Å². The normalized spacial score (nSPS) is 11.3. The van der Waals surface area contributed by atoms with Crippen LogP contribution in [0.15, 0.2) is 41.4 Å². The predicted octanol–water partition coefficient (Wildman–Crippen LogP) is 2.34. The SMILES string of the molecule is Cc1c(CO)cc(Cl)cc1S(=O)(=O)Nc1ccccn1. The second-order valence-electron chi connectivity index (χ2n) is 4.17. The van der Waals surface area contributed by atoms with Crippen molar-refractivity contribution in [3.63, 3.8) is 0 Å². The molecule has 0 aliphatic carbocycles. The number of hydrogen-bond acceptors (Lipinski definition) is 4. The van der Waals surface area contributed by atoms with Crippen LogP contribution in [0.4, 0.5) is 5.82 Å². The van der Waals surface area contributed by atoms with Gasteiger partial charge in [-0.1, -0.05) is 17.7 Å². The van der Waals surface area contributed by atoms with Gasteiger partial charge < -0.3 is 5.11 Å². The Labute approximate surface area is 122 Å². The summed E-state index contributed by atoms with van der Waals surface area (Å²) < 4.78 is 27.1. The third-order valence-corrected chi connectivity index (χ3v) is 4.50. The van der Waals surface area contributed by atoms with Gasteiger partial charge in [0, 0.05) is 11.2 Å². The minimum Gasteiger partial charge on any atom is -0.392 e. The van der Waals surface area contributed by atoms with Gasteiger partial charge in [-0.2, -0.15) is 0 Å². The molecule has 7 heteroatoms. The number of halogens is 1. The van der Waals surface area contributed by atoms with Crippen LogP contribution < -0.4 is 4.72 Å². The second-order valence-corrected chi connectivity index (χ2v) is 6.25. The summed E-state index contributed by atoms with van der Waals surface area (Å²) in [6.07, 6.45) is 1.49. The molecule has 106 valence electrons. The number of benzene rings is 1. The van der Waals surface area contributed by atoms with E-state index < -0.39 is 10.0 Å². The van der Waals surface area contributed by atoms with Gasteiger partial charge in [0.25, 0.3) is 10.0 Å². The molecule has 1 aromatic heterocycles. The zero-order chi connectivity index (χ0) is 14.8. The van der Waals surface area contributed by atoms with E-state index in [1.54, 1.807) is 25.1 Å². The summed E-state index contributed by atoms with van der Waals surface area (Å²) in [4.78, 5) is 3.94. The average molecular weight is 313 g/mol. The smallest absolute Gasteiger partial charge is 0.263 e. The number of sulfonamides is 1. The Morgan fingerprint density at radius 3 is 2.70 bits per heavy atom. The first-order valence-electron chi connectivity index (χ1n) is 5.78. The van der Waals surface area contributed by atoms with Crippen molar-refractivity contribution in [2.45, 2.75) is 18.4 Å². The molecule has 0 aliphatic rings. The molecule has 0 saturated carbocycles. The Morgan fingerprint density at radius 2 is 2.10 bits per heavy atom. The van der Waals surface area contributed by atoms with Crippen LogP contribution >= 0.6 is 11.6 Å². The molecule has 0 unspecified atom stereocenters. The lowest BCUT2D eigenvalue weighted by molar-refractivity contribution is 0.280. The van der Waals surface area contributed by atoms with Crippen LogP contribution in [-0.2, 0) is 16.6 Å². The van der Waals surface area contributed by atoms with E-state index in [-0.39, 0.29) is 22.3 Å². The summed E-state index contributed by atoms with van der Waals surface area (Å²) in [6.45, 7) is 1.34. The highest BCUT2D eigenvalue weighted by molar-refractivity contribution is 7.92. The number of hydrogen-bond donors (Lipinski definition) is 2. The minimum atomic E-state index is -3.81. The van der Waals surface area contributed by atoms with E-state index in [4.69, 9.17) is 11.6 Å². The standard InChI is InChI=1S/C13H13ClN2O3S/c1-9-10(8-17)6-11(14)7-12(9)20(18,19)16-13-4-2-3-5-15-13/h2-7,17H,8H2,1H3,(H,15,16). The molecule has 0 bridgehead atoms. The van der Waals surface area contributed by atoms with Crippen molar-refractivity contribution in [2.24, 2.45) is 0 Å². The van der Waals surface area contributed by atoms with Gasteiger partial charge >= 0.3 is 0 Å². The molecule has 0 fully saturated rings. The number of nitrogens with zero attached hydrogens (tertiary/aromatic N) is 1. The van der Waals surface area contributed by atoms with Gasteiger partial charge in [-0.15, -0.1) is 0 Å². The van der Waals surface area contributed by atoms with Crippen LogP contribution in [0.1, 0.15) is 11.1 Å².